The number of rotatable bonds is 5. The first kappa shape index (κ1) is 34.6. The van der Waals surface area contributed by atoms with Gasteiger partial charge in [-0.25, -0.2) is 0 Å². The molecule has 2 N–H and O–H groups in total. The fraction of sp³-hybridized carbons (Fsp3) is 0.512. The second-order valence-corrected chi connectivity index (χ2v) is 17.6. The van der Waals surface area contributed by atoms with Crippen molar-refractivity contribution in [2.24, 2.45) is 33.5 Å². The smallest absolute Gasteiger partial charge is 0.416 e. The van der Waals surface area contributed by atoms with Gasteiger partial charge in [-0.2, -0.15) is 13.2 Å². The molecule has 8 atom stereocenters. The van der Waals surface area contributed by atoms with Gasteiger partial charge in [-0.05, 0) is 110 Å². The van der Waals surface area contributed by atoms with E-state index in [1.807, 2.05) is 0 Å². The molecule has 2 aromatic carbocycles. The Balaban J connectivity index is 1.11. The van der Waals surface area contributed by atoms with Crippen molar-refractivity contribution in [2.75, 3.05) is 13.1 Å². The van der Waals surface area contributed by atoms with E-state index in [2.05, 4.69) is 61.2 Å². The molecule has 1 aromatic heterocycles. The van der Waals surface area contributed by atoms with Crippen molar-refractivity contribution in [3.63, 3.8) is 0 Å². The van der Waals surface area contributed by atoms with Crippen LogP contribution in [0, 0.1) is 33.5 Å². The number of carbonyl (C=O) groups is 1. The zero-order chi connectivity index (χ0) is 36.5. The van der Waals surface area contributed by atoms with Gasteiger partial charge in [0.2, 0.25) is 5.78 Å². The lowest BCUT2D eigenvalue weighted by atomic mass is 9.32. The summed E-state index contributed by atoms with van der Waals surface area (Å²) in [6.07, 6.45) is 7.69. The number of benzene rings is 2. The summed E-state index contributed by atoms with van der Waals surface area (Å²) in [5.74, 6) is -0.0745. The minimum absolute atomic E-state index is 0.0263. The first-order valence-corrected chi connectivity index (χ1v) is 19.2. The summed E-state index contributed by atoms with van der Waals surface area (Å²) in [6.45, 7) is 6.84. The Kier molecular flexibility index (Phi) is 7.60. The van der Waals surface area contributed by atoms with Crippen LogP contribution < -0.4 is 0 Å². The van der Waals surface area contributed by atoms with Crippen molar-refractivity contribution in [3.05, 3.63) is 106 Å². The molecule has 0 amide bonds. The Morgan fingerprint density at radius 3 is 2.48 bits per heavy atom. The molecule has 2 spiro atoms. The highest BCUT2D eigenvalue weighted by molar-refractivity contribution is 6.33. The molecule has 9 heteroatoms. The molecule has 52 heavy (non-hydrogen) atoms. The average Bonchev–Trinajstić information content (AvgIpc) is 3.70. The molecular formula is C43H45ClF3NO4. The summed E-state index contributed by atoms with van der Waals surface area (Å²) >= 11 is 6.38. The van der Waals surface area contributed by atoms with Crippen molar-refractivity contribution >= 4 is 17.4 Å². The van der Waals surface area contributed by atoms with Crippen molar-refractivity contribution in [1.82, 2.24) is 4.90 Å². The van der Waals surface area contributed by atoms with E-state index < -0.39 is 39.7 Å². The van der Waals surface area contributed by atoms with Crippen molar-refractivity contribution in [2.45, 2.75) is 89.6 Å². The van der Waals surface area contributed by atoms with E-state index in [9.17, 15) is 28.2 Å². The number of allylic oxidation sites excluding steroid dienone is 4. The normalized spacial score (nSPS) is 37.9. The summed E-state index contributed by atoms with van der Waals surface area (Å²) in [5, 5.41) is 24.0. The van der Waals surface area contributed by atoms with Crippen LogP contribution in [0.2, 0.25) is 5.02 Å². The minimum atomic E-state index is -4.57. The number of β-amino-alcohol motifs (C(OH)–C–C–N with tert-alkyl or cyclic N) is 1. The minimum Gasteiger partial charge on any atom is -0.453 e. The van der Waals surface area contributed by atoms with Crippen LogP contribution in [-0.4, -0.2) is 45.7 Å². The van der Waals surface area contributed by atoms with Gasteiger partial charge in [-0.1, -0.05) is 67.9 Å². The molecule has 7 aliphatic rings. The Hall–Kier alpha value is -3.17. The molecule has 1 aliphatic heterocycles. The molecule has 0 radical (unpaired) electrons. The number of ketones is 1. The zero-order valence-corrected chi connectivity index (χ0v) is 30.4. The van der Waals surface area contributed by atoms with E-state index in [-0.39, 0.29) is 45.1 Å². The Morgan fingerprint density at radius 1 is 0.962 bits per heavy atom. The number of fused-ring (bicyclic) bond motifs is 2. The van der Waals surface area contributed by atoms with Gasteiger partial charge in [0.15, 0.2) is 5.76 Å². The highest BCUT2D eigenvalue weighted by atomic mass is 35.5. The maximum atomic E-state index is 15.0. The molecule has 2 heterocycles. The maximum absolute atomic E-state index is 15.0. The van der Waals surface area contributed by atoms with E-state index in [1.54, 1.807) is 6.07 Å². The average molecular weight is 732 g/mol. The summed E-state index contributed by atoms with van der Waals surface area (Å²) < 4.78 is 47.0. The first-order valence-electron chi connectivity index (χ1n) is 18.8. The highest BCUT2D eigenvalue weighted by Gasteiger charge is 2.74. The van der Waals surface area contributed by atoms with Gasteiger partial charge in [0.05, 0.1) is 22.3 Å². The van der Waals surface area contributed by atoms with Crippen LogP contribution >= 0.6 is 11.6 Å². The van der Waals surface area contributed by atoms with Gasteiger partial charge in [0.1, 0.15) is 5.76 Å². The molecule has 6 aliphatic carbocycles. The van der Waals surface area contributed by atoms with Gasteiger partial charge in [0.25, 0.3) is 0 Å². The highest BCUT2D eigenvalue weighted by Crippen LogP contribution is 2.78. The van der Waals surface area contributed by atoms with E-state index in [4.69, 9.17) is 16.0 Å². The third-order valence-corrected chi connectivity index (χ3v) is 15.4. The number of furan rings is 1. The van der Waals surface area contributed by atoms with E-state index in [1.165, 1.54) is 23.3 Å². The molecule has 274 valence electrons. The number of Topliss-reactive ketones (excluding diaryl/α,β-unsaturated/α-hetero) is 1. The van der Waals surface area contributed by atoms with Gasteiger partial charge < -0.3 is 14.6 Å². The molecule has 3 aromatic rings. The van der Waals surface area contributed by atoms with Gasteiger partial charge >= 0.3 is 6.18 Å². The van der Waals surface area contributed by atoms with E-state index in [0.29, 0.717) is 31.4 Å². The summed E-state index contributed by atoms with van der Waals surface area (Å²) in [6, 6.07) is 14.7. The molecular weight excluding hydrogens is 687 g/mol. The Bertz CT molecular complexity index is 2040. The Morgan fingerprint density at radius 2 is 1.69 bits per heavy atom. The number of halogens is 4. The van der Waals surface area contributed by atoms with Crippen LogP contribution in [-0.2, 0) is 19.1 Å². The third kappa shape index (κ3) is 4.69. The van der Waals surface area contributed by atoms with Gasteiger partial charge in [-0.3, -0.25) is 9.69 Å². The lowest BCUT2D eigenvalue weighted by Gasteiger charge is -2.71. The van der Waals surface area contributed by atoms with Crippen LogP contribution in [0.4, 0.5) is 13.2 Å². The van der Waals surface area contributed by atoms with Crippen LogP contribution in [0.1, 0.15) is 86.0 Å². The number of aliphatic hydroxyl groups excluding tert-OH is 1. The summed E-state index contributed by atoms with van der Waals surface area (Å²) in [5.41, 5.74) is -0.301. The SMILES string of the molecule is C[C@]12CC[C@H]3[C@]4(C=C[C@@]5(C=C4C(=O)c4ccc(-c6cc(C(F)(F)F)ccc6Cl)o4)CC(O)CC[C@]35C)[C@@H]1CC[C@@]2(O)CN1CCc2ccccc2C1. The Labute approximate surface area is 307 Å². The van der Waals surface area contributed by atoms with Crippen molar-refractivity contribution in [3.8, 4) is 11.3 Å². The van der Waals surface area contributed by atoms with Crippen LogP contribution in [0.3, 0.4) is 0 Å². The van der Waals surface area contributed by atoms with Gasteiger partial charge in [0, 0.05) is 47.0 Å². The summed E-state index contributed by atoms with van der Waals surface area (Å²) in [4.78, 5) is 17.4. The topological polar surface area (TPSA) is 73.9 Å². The molecule has 3 fully saturated rings. The quantitative estimate of drug-likeness (QED) is 0.202. The molecule has 0 saturated heterocycles. The number of hydrogen-bond donors (Lipinski definition) is 2. The van der Waals surface area contributed by atoms with Crippen molar-refractivity contribution in [1.29, 1.82) is 0 Å². The molecule has 5 nitrogen and oxygen atoms in total. The number of aliphatic hydroxyl groups is 2. The van der Waals surface area contributed by atoms with Crippen LogP contribution in [0.25, 0.3) is 11.3 Å². The maximum Gasteiger partial charge on any atom is 0.416 e. The zero-order valence-electron chi connectivity index (χ0n) is 29.6. The van der Waals surface area contributed by atoms with Gasteiger partial charge in [-0.15, -0.1) is 0 Å². The second kappa shape index (κ2) is 11.4. The lowest BCUT2D eigenvalue weighted by molar-refractivity contribution is -0.176. The fourth-order valence-corrected chi connectivity index (χ4v) is 12.5. The number of hydrogen-bond acceptors (Lipinski definition) is 5. The largest absolute Gasteiger partial charge is 0.453 e. The van der Waals surface area contributed by atoms with E-state index >= 15 is 0 Å². The molecule has 10 rings (SSSR count). The monoisotopic (exact) mass is 731 g/mol. The number of carbonyl (C=O) groups excluding carboxylic acids is 1. The number of alkyl halides is 3. The standard InChI is InChI=1S/C43H45ClF3NO4/c1-38-15-11-29(49)22-40(38)18-19-42(31(23-40)37(50)34-10-9-33(52-34)30-21-28(43(45,46)47)7-8-32(30)44)35(38)12-16-39(2)36(42)13-17-41(39,51)25-48-20-14-26-5-3-4-6-27(26)24-48/h3-10,18-19,21,23,29,35-36,49,51H,11-17,20,22,24-25H2,1-2H3/t29?,35-,36-,38-,39+,40+,41-,42-/m1/s1. The van der Waals surface area contributed by atoms with E-state index in [0.717, 1.165) is 57.3 Å². The molecule has 2 bridgehead atoms. The second-order valence-electron chi connectivity index (χ2n) is 17.2. The van der Waals surface area contributed by atoms with Crippen LogP contribution in [0.15, 0.2) is 82.8 Å². The summed E-state index contributed by atoms with van der Waals surface area (Å²) in [7, 11) is 0. The predicted molar refractivity (Wildman–Crippen MR) is 192 cm³/mol. The molecule has 1 unspecified atom stereocenters. The van der Waals surface area contributed by atoms with Crippen LogP contribution in [0.5, 0.6) is 0 Å². The predicted octanol–water partition coefficient (Wildman–Crippen LogP) is 9.45. The first-order chi connectivity index (χ1) is 24.6. The lowest BCUT2D eigenvalue weighted by Crippen LogP contribution is -2.67. The van der Waals surface area contributed by atoms with Crippen molar-refractivity contribution < 1.29 is 32.6 Å². The molecule has 3 saturated carbocycles. The number of nitrogens with zero attached hydrogens (tertiary/aromatic N) is 1. The fourth-order valence-electron chi connectivity index (χ4n) is 12.3. The third-order valence-electron chi connectivity index (χ3n) is 15.0.